The lowest BCUT2D eigenvalue weighted by Crippen LogP contribution is -1.94. The number of methoxy groups -OCH3 is 1. The van der Waals surface area contributed by atoms with Crippen LogP contribution in [-0.2, 0) is 7.05 Å². The SMILES string of the molecule is CC.COc1ccccc1-c1cc2cnc(Cl)cc2n1C. The average molecular weight is 303 g/mol. The molecule has 3 nitrogen and oxygen atoms in total. The van der Waals surface area contributed by atoms with Crippen molar-refractivity contribution in [3.8, 4) is 17.0 Å². The Morgan fingerprint density at radius 2 is 1.86 bits per heavy atom. The Bertz CT molecular complexity index is 750. The number of pyridine rings is 1. The zero-order chi connectivity index (χ0) is 15.4. The number of benzene rings is 1. The molecule has 0 amide bonds. The number of rotatable bonds is 2. The quantitative estimate of drug-likeness (QED) is 0.628. The highest BCUT2D eigenvalue weighted by molar-refractivity contribution is 6.30. The van der Waals surface area contributed by atoms with Crippen molar-refractivity contribution in [1.82, 2.24) is 9.55 Å². The van der Waals surface area contributed by atoms with E-state index in [9.17, 15) is 0 Å². The van der Waals surface area contributed by atoms with Gasteiger partial charge in [-0.15, -0.1) is 0 Å². The summed E-state index contributed by atoms with van der Waals surface area (Å²) in [7, 11) is 3.69. The molecule has 0 saturated heterocycles. The summed E-state index contributed by atoms with van der Waals surface area (Å²) in [6.07, 6.45) is 1.79. The van der Waals surface area contributed by atoms with Gasteiger partial charge in [-0.05, 0) is 24.3 Å². The minimum Gasteiger partial charge on any atom is -0.496 e. The Morgan fingerprint density at radius 1 is 1.14 bits per heavy atom. The summed E-state index contributed by atoms with van der Waals surface area (Å²) in [6.45, 7) is 4.00. The molecule has 4 heteroatoms. The highest BCUT2D eigenvalue weighted by Gasteiger charge is 2.12. The van der Waals surface area contributed by atoms with Gasteiger partial charge in [0.15, 0.2) is 0 Å². The maximum atomic E-state index is 5.96. The summed E-state index contributed by atoms with van der Waals surface area (Å²) in [4.78, 5) is 4.12. The Kier molecular flexibility index (Phi) is 4.86. The van der Waals surface area contributed by atoms with Crippen molar-refractivity contribution in [2.45, 2.75) is 13.8 Å². The van der Waals surface area contributed by atoms with Gasteiger partial charge in [0, 0.05) is 24.2 Å². The van der Waals surface area contributed by atoms with Crippen LogP contribution >= 0.6 is 11.6 Å². The van der Waals surface area contributed by atoms with Crippen LogP contribution in [0.25, 0.3) is 22.2 Å². The first-order valence-electron chi connectivity index (χ1n) is 6.95. The third-order valence-corrected chi connectivity index (χ3v) is 3.48. The largest absolute Gasteiger partial charge is 0.496 e. The van der Waals surface area contributed by atoms with Crippen LogP contribution in [0.2, 0.25) is 5.15 Å². The molecule has 0 aliphatic rings. The van der Waals surface area contributed by atoms with E-state index in [1.165, 1.54) is 0 Å². The normalized spacial score (nSPS) is 10.1. The Balaban J connectivity index is 0.000000774. The topological polar surface area (TPSA) is 27.1 Å². The summed E-state index contributed by atoms with van der Waals surface area (Å²) < 4.78 is 7.52. The van der Waals surface area contributed by atoms with Gasteiger partial charge in [-0.2, -0.15) is 0 Å². The number of ether oxygens (including phenoxy) is 1. The first-order valence-corrected chi connectivity index (χ1v) is 7.33. The first kappa shape index (κ1) is 15.4. The van der Waals surface area contributed by atoms with Crippen LogP contribution in [-0.4, -0.2) is 16.7 Å². The Morgan fingerprint density at radius 3 is 2.57 bits per heavy atom. The van der Waals surface area contributed by atoms with Gasteiger partial charge in [0.05, 0.1) is 18.3 Å². The molecule has 0 saturated carbocycles. The zero-order valence-corrected chi connectivity index (χ0v) is 13.5. The standard InChI is InChI=1S/C15H13ClN2O.C2H6/c1-18-12-8-15(16)17-9-10(12)7-13(18)11-5-3-4-6-14(11)19-2;1-2/h3-9H,1-2H3;1-2H3. The van der Waals surface area contributed by atoms with Crippen LogP contribution < -0.4 is 4.74 Å². The molecular formula is C17H19ClN2O. The van der Waals surface area contributed by atoms with Crippen LogP contribution in [0.15, 0.2) is 42.6 Å². The monoisotopic (exact) mass is 302 g/mol. The molecule has 0 unspecified atom stereocenters. The predicted molar refractivity (Wildman–Crippen MR) is 89.1 cm³/mol. The molecule has 0 radical (unpaired) electrons. The van der Waals surface area contributed by atoms with Crippen LogP contribution in [0, 0.1) is 0 Å². The smallest absolute Gasteiger partial charge is 0.131 e. The highest BCUT2D eigenvalue weighted by Crippen LogP contribution is 2.33. The Labute approximate surface area is 130 Å². The number of halogens is 1. The molecule has 0 fully saturated rings. The van der Waals surface area contributed by atoms with Gasteiger partial charge < -0.3 is 9.30 Å². The molecule has 0 spiro atoms. The second-order valence-electron chi connectivity index (χ2n) is 4.35. The van der Waals surface area contributed by atoms with Gasteiger partial charge in [0.25, 0.3) is 0 Å². The molecule has 0 atom stereocenters. The van der Waals surface area contributed by atoms with Crippen molar-refractivity contribution in [1.29, 1.82) is 0 Å². The van der Waals surface area contributed by atoms with Gasteiger partial charge >= 0.3 is 0 Å². The van der Waals surface area contributed by atoms with E-state index in [4.69, 9.17) is 16.3 Å². The van der Waals surface area contributed by atoms with Crippen molar-refractivity contribution < 1.29 is 4.74 Å². The molecule has 1 aromatic carbocycles. The number of aryl methyl sites for hydroxylation is 1. The molecule has 3 rings (SSSR count). The average Bonchev–Trinajstić information content (AvgIpc) is 2.86. The van der Waals surface area contributed by atoms with Crippen LogP contribution in [0.4, 0.5) is 0 Å². The van der Waals surface area contributed by atoms with E-state index in [2.05, 4.69) is 15.6 Å². The zero-order valence-electron chi connectivity index (χ0n) is 12.7. The van der Waals surface area contributed by atoms with E-state index in [1.807, 2.05) is 51.2 Å². The van der Waals surface area contributed by atoms with E-state index >= 15 is 0 Å². The van der Waals surface area contributed by atoms with E-state index in [-0.39, 0.29) is 0 Å². The van der Waals surface area contributed by atoms with Gasteiger partial charge in [0.2, 0.25) is 0 Å². The van der Waals surface area contributed by atoms with Crippen molar-refractivity contribution in [2.24, 2.45) is 7.05 Å². The molecule has 3 aromatic rings. The number of hydrogen-bond donors (Lipinski definition) is 0. The van der Waals surface area contributed by atoms with Crippen LogP contribution in [0.1, 0.15) is 13.8 Å². The lowest BCUT2D eigenvalue weighted by molar-refractivity contribution is 0.416. The van der Waals surface area contributed by atoms with Crippen molar-refractivity contribution in [2.75, 3.05) is 7.11 Å². The molecule has 0 aliphatic carbocycles. The molecule has 0 aliphatic heterocycles. The summed E-state index contributed by atoms with van der Waals surface area (Å²) in [6, 6.07) is 11.9. The number of para-hydroxylation sites is 1. The molecule has 0 N–H and O–H groups in total. The van der Waals surface area contributed by atoms with Crippen molar-refractivity contribution >= 4 is 22.5 Å². The summed E-state index contributed by atoms with van der Waals surface area (Å²) in [5, 5.41) is 1.56. The van der Waals surface area contributed by atoms with Crippen molar-refractivity contribution in [3.63, 3.8) is 0 Å². The van der Waals surface area contributed by atoms with E-state index < -0.39 is 0 Å². The van der Waals surface area contributed by atoms with E-state index in [0.29, 0.717) is 5.15 Å². The third kappa shape index (κ3) is 2.88. The summed E-state index contributed by atoms with van der Waals surface area (Å²) >= 11 is 5.96. The fourth-order valence-electron chi connectivity index (χ4n) is 2.32. The fraction of sp³-hybridized carbons (Fsp3) is 0.235. The first-order chi connectivity index (χ1) is 10.2. The summed E-state index contributed by atoms with van der Waals surface area (Å²) in [5.74, 6) is 0.854. The minimum atomic E-state index is 0.500. The van der Waals surface area contributed by atoms with Crippen LogP contribution in [0.3, 0.4) is 0 Å². The maximum absolute atomic E-state index is 5.96. The van der Waals surface area contributed by atoms with Crippen LogP contribution in [0.5, 0.6) is 5.75 Å². The molecule has 2 heterocycles. The second-order valence-corrected chi connectivity index (χ2v) is 4.74. The number of fused-ring (bicyclic) bond motifs is 1. The van der Waals surface area contributed by atoms with E-state index in [1.54, 1.807) is 13.3 Å². The lowest BCUT2D eigenvalue weighted by atomic mass is 10.1. The highest BCUT2D eigenvalue weighted by atomic mass is 35.5. The lowest BCUT2D eigenvalue weighted by Gasteiger charge is -2.09. The van der Waals surface area contributed by atoms with Gasteiger partial charge in [-0.25, -0.2) is 4.98 Å². The molecular weight excluding hydrogens is 284 g/mol. The molecule has 2 aromatic heterocycles. The number of nitrogens with zero attached hydrogens (tertiary/aromatic N) is 2. The third-order valence-electron chi connectivity index (χ3n) is 3.28. The number of hydrogen-bond acceptors (Lipinski definition) is 2. The fourth-order valence-corrected chi connectivity index (χ4v) is 2.47. The van der Waals surface area contributed by atoms with Crippen molar-refractivity contribution in [3.05, 3.63) is 47.7 Å². The summed E-state index contributed by atoms with van der Waals surface area (Å²) in [5.41, 5.74) is 3.19. The number of aromatic nitrogens is 2. The van der Waals surface area contributed by atoms with Gasteiger partial charge in [-0.3, -0.25) is 0 Å². The van der Waals surface area contributed by atoms with E-state index in [0.717, 1.165) is 27.9 Å². The minimum absolute atomic E-state index is 0.500. The molecule has 21 heavy (non-hydrogen) atoms. The maximum Gasteiger partial charge on any atom is 0.131 e. The molecule has 110 valence electrons. The Hall–Kier alpha value is -2.00. The van der Waals surface area contributed by atoms with Gasteiger partial charge in [-0.1, -0.05) is 37.6 Å². The second kappa shape index (κ2) is 6.64. The molecule has 0 bridgehead atoms. The predicted octanol–water partition coefficient (Wildman–Crippen LogP) is 4.93. The van der Waals surface area contributed by atoms with Gasteiger partial charge in [0.1, 0.15) is 10.9 Å².